The third kappa shape index (κ3) is 3.50. The Hall–Kier alpha value is -2.37. The number of fused-ring (bicyclic) bond motifs is 1. The van der Waals surface area contributed by atoms with Crippen molar-refractivity contribution in [2.45, 2.75) is 43.9 Å². The van der Waals surface area contributed by atoms with Gasteiger partial charge in [0.2, 0.25) is 0 Å². The SMILES string of the molecule is Nc1cccc(CN2CC3C(C2)C3NC(=O)C(O)(c2ccccc2)C2CCCC2)c1. The van der Waals surface area contributed by atoms with E-state index in [2.05, 4.69) is 16.3 Å². The molecule has 1 heterocycles. The lowest BCUT2D eigenvalue weighted by Gasteiger charge is -2.33. The first-order valence-corrected chi connectivity index (χ1v) is 11.2. The van der Waals surface area contributed by atoms with Gasteiger partial charge in [0.05, 0.1) is 0 Å². The number of anilines is 1. The molecular weight excluding hydrogens is 374 g/mol. The quantitative estimate of drug-likeness (QED) is 0.646. The van der Waals surface area contributed by atoms with Crippen LogP contribution in [0.15, 0.2) is 54.6 Å². The highest BCUT2D eigenvalue weighted by molar-refractivity contribution is 5.87. The minimum Gasteiger partial charge on any atom is -0.399 e. The van der Waals surface area contributed by atoms with Gasteiger partial charge in [-0.05, 0) is 47.9 Å². The Labute approximate surface area is 178 Å². The molecular formula is C25H31N3O2. The van der Waals surface area contributed by atoms with Gasteiger partial charge in [-0.15, -0.1) is 0 Å². The van der Waals surface area contributed by atoms with E-state index in [9.17, 15) is 9.90 Å². The van der Waals surface area contributed by atoms with Gasteiger partial charge in [-0.25, -0.2) is 0 Å². The second kappa shape index (κ2) is 7.71. The average Bonchev–Trinajstić information content (AvgIpc) is 3.17. The van der Waals surface area contributed by atoms with E-state index in [1.807, 2.05) is 48.5 Å². The summed E-state index contributed by atoms with van der Waals surface area (Å²) in [4.78, 5) is 15.8. The van der Waals surface area contributed by atoms with Crippen molar-refractivity contribution in [1.29, 1.82) is 0 Å². The zero-order chi connectivity index (χ0) is 20.7. The zero-order valence-corrected chi connectivity index (χ0v) is 17.3. The number of likely N-dealkylation sites (tertiary alicyclic amines) is 1. The molecule has 1 saturated heterocycles. The number of piperidine rings is 1. The number of rotatable bonds is 6. The molecule has 0 radical (unpaired) electrons. The fourth-order valence-electron chi connectivity index (χ4n) is 5.76. The highest BCUT2D eigenvalue weighted by Gasteiger charge is 2.58. The largest absolute Gasteiger partial charge is 0.399 e. The van der Waals surface area contributed by atoms with Crippen LogP contribution in [0.2, 0.25) is 0 Å². The fourth-order valence-corrected chi connectivity index (χ4v) is 5.76. The molecule has 2 aromatic rings. The zero-order valence-electron chi connectivity index (χ0n) is 17.3. The molecule has 1 aliphatic heterocycles. The van der Waals surface area contributed by atoms with Gasteiger partial charge in [-0.1, -0.05) is 55.3 Å². The monoisotopic (exact) mass is 405 g/mol. The number of carbonyl (C=O) groups is 1. The summed E-state index contributed by atoms with van der Waals surface area (Å²) < 4.78 is 0. The molecule has 5 rings (SSSR count). The number of hydrogen-bond donors (Lipinski definition) is 3. The molecule has 3 fully saturated rings. The van der Waals surface area contributed by atoms with E-state index in [0.29, 0.717) is 11.8 Å². The van der Waals surface area contributed by atoms with Gasteiger partial charge in [0, 0.05) is 37.3 Å². The number of carbonyl (C=O) groups excluding carboxylic acids is 1. The van der Waals surface area contributed by atoms with Crippen LogP contribution >= 0.6 is 0 Å². The molecule has 2 aromatic carbocycles. The van der Waals surface area contributed by atoms with Crippen LogP contribution < -0.4 is 11.1 Å². The van der Waals surface area contributed by atoms with E-state index in [4.69, 9.17) is 5.73 Å². The van der Waals surface area contributed by atoms with Gasteiger partial charge >= 0.3 is 0 Å². The van der Waals surface area contributed by atoms with E-state index in [1.54, 1.807) is 0 Å². The van der Waals surface area contributed by atoms with Crippen LogP contribution in [0, 0.1) is 17.8 Å². The first kappa shape index (κ1) is 19.6. The molecule has 5 heteroatoms. The summed E-state index contributed by atoms with van der Waals surface area (Å²) in [5.41, 5.74) is 7.23. The summed E-state index contributed by atoms with van der Waals surface area (Å²) >= 11 is 0. The molecule has 3 unspecified atom stereocenters. The molecule has 5 nitrogen and oxygen atoms in total. The van der Waals surface area contributed by atoms with Gasteiger partial charge in [0.15, 0.2) is 5.60 Å². The second-order valence-electron chi connectivity index (χ2n) is 9.38. The molecule has 0 bridgehead atoms. The van der Waals surface area contributed by atoms with Gasteiger partial charge in [-0.3, -0.25) is 9.69 Å². The average molecular weight is 406 g/mol. The smallest absolute Gasteiger partial charge is 0.257 e. The summed E-state index contributed by atoms with van der Waals surface area (Å²) in [7, 11) is 0. The Bertz CT molecular complexity index is 900. The molecule has 3 aliphatic rings. The van der Waals surface area contributed by atoms with Crippen LogP contribution in [0.4, 0.5) is 5.69 Å². The van der Waals surface area contributed by atoms with Crippen molar-refractivity contribution in [2.24, 2.45) is 17.8 Å². The topological polar surface area (TPSA) is 78.6 Å². The molecule has 4 N–H and O–H groups in total. The Balaban J connectivity index is 1.23. The highest BCUT2D eigenvalue weighted by atomic mass is 16.3. The van der Waals surface area contributed by atoms with Gasteiger partial charge in [0.25, 0.3) is 5.91 Å². The molecule has 158 valence electrons. The highest BCUT2D eigenvalue weighted by Crippen LogP contribution is 2.47. The summed E-state index contributed by atoms with van der Waals surface area (Å²) in [5.74, 6) is 0.762. The number of hydrogen-bond acceptors (Lipinski definition) is 4. The maximum atomic E-state index is 13.4. The number of nitrogens with one attached hydrogen (secondary N) is 1. The third-order valence-corrected chi connectivity index (χ3v) is 7.43. The Morgan fingerprint density at radius 1 is 1.07 bits per heavy atom. The molecule has 0 aromatic heterocycles. The standard InChI is InChI=1S/C25H31N3O2/c26-20-12-6-7-17(13-20)14-28-15-21-22(16-28)23(21)27-24(29)25(30,19-10-4-5-11-19)18-8-2-1-3-9-18/h1-3,6-9,12-13,19,21-23,30H,4-5,10-11,14-16,26H2,(H,27,29). The molecule has 1 amide bonds. The van der Waals surface area contributed by atoms with E-state index in [-0.39, 0.29) is 17.9 Å². The van der Waals surface area contributed by atoms with E-state index < -0.39 is 5.60 Å². The van der Waals surface area contributed by atoms with Crippen molar-refractivity contribution < 1.29 is 9.90 Å². The maximum absolute atomic E-state index is 13.4. The lowest BCUT2D eigenvalue weighted by Crippen LogP contribution is -2.50. The summed E-state index contributed by atoms with van der Waals surface area (Å²) in [6.45, 7) is 2.87. The fraction of sp³-hybridized carbons (Fsp3) is 0.480. The third-order valence-electron chi connectivity index (χ3n) is 7.43. The first-order chi connectivity index (χ1) is 14.6. The van der Waals surface area contributed by atoms with Crippen molar-refractivity contribution in [1.82, 2.24) is 10.2 Å². The van der Waals surface area contributed by atoms with Crippen molar-refractivity contribution in [2.75, 3.05) is 18.8 Å². The van der Waals surface area contributed by atoms with Crippen LogP contribution in [-0.4, -0.2) is 35.0 Å². The number of aliphatic hydroxyl groups is 1. The predicted octanol–water partition coefficient (Wildman–Crippen LogP) is 2.89. The summed E-state index contributed by atoms with van der Waals surface area (Å²) in [5, 5.41) is 14.9. The van der Waals surface area contributed by atoms with Crippen LogP contribution in [0.3, 0.4) is 0 Å². The molecule has 3 atom stereocenters. The number of nitrogens with zero attached hydrogens (tertiary/aromatic N) is 1. The van der Waals surface area contributed by atoms with Crippen molar-refractivity contribution in [3.63, 3.8) is 0 Å². The minimum atomic E-state index is -1.42. The van der Waals surface area contributed by atoms with Crippen molar-refractivity contribution >= 4 is 11.6 Å². The Morgan fingerprint density at radius 3 is 2.43 bits per heavy atom. The summed E-state index contributed by atoms with van der Waals surface area (Å²) in [6, 6.07) is 17.8. The Morgan fingerprint density at radius 2 is 1.77 bits per heavy atom. The maximum Gasteiger partial charge on any atom is 0.257 e. The minimum absolute atomic E-state index is 0.00136. The van der Waals surface area contributed by atoms with Crippen LogP contribution in [0.25, 0.3) is 0 Å². The first-order valence-electron chi connectivity index (χ1n) is 11.2. The van der Waals surface area contributed by atoms with Gasteiger partial charge in [-0.2, -0.15) is 0 Å². The number of amides is 1. The molecule has 2 saturated carbocycles. The van der Waals surface area contributed by atoms with Crippen LogP contribution in [0.1, 0.15) is 36.8 Å². The summed E-state index contributed by atoms with van der Waals surface area (Å²) in [6.07, 6.45) is 3.98. The van der Waals surface area contributed by atoms with Crippen molar-refractivity contribution in [3.05, 3.63) is 65.7 Å². The normalized spacial score (nSPS) is 28.1. The number of nitrogen functional groups attached to an aromatic ring is 1. The van der Waals surface area contributed by atoms with Crippen LogP contribution in [0.5, 0.6) is 0 Å². The van der Waals surface area contributed by atoms with Gasteiger partial charge in [0.1, 0.15) is 0 Å². The second-order valence-corrected chi connectivity index (χ2v) is 9.38. The lowest BCUT2D eigenvalue weighted by molar-refractivity contribution is -0.147. The molecule has 30 heavy (non-hydrogen) atoms. The van der Waals surface area contributed by atoms with E-state index in [0.717, 1.165) is 56.6 Å². The lowest BCUT2D eigenvalue weighted by atomic mass is 9.79. The number of nitrogens with two attached hydrogens (primary N) is 1. The molecule has 0 spiro atoms. The van der Waals surface area contributed by atoms with Crippen molar-refractivity contribution in [3.8, 4) is 0 Å². The van der Waals surface area contributed by atoms with Crippen LogP contribution in [-0.2, 0) is 16.9 Å². The van der Waals surface area contributed by atoms with E-state index in [1.165, 1.54) is 5.56 Å². The number of benzene rings is 2. The molecule has 2 aliphatic carbocycles. The van der Waals surface area contributed by atoms with E-state index >= 15 is 0 Å². The predicted molar refractivity (Wildman–Crippen MR) is 117 cm³/mol. The Kier molecular flexibility index (Phi) is 5.03. The van der Waals surface area contributed by atoms with Gasteiger partial charge < -0.3 is 16.2 Å².